The molecule has 4 nitrogen and oxygen atoms in total. The number of hydrogen-bond acceptors (Lipinski definition) is 3. The summed E-state index contributed by atoms with van der Waals surface area (Å²) in [5, 5.41) is 12.9. The van der Waals surface area contributed by atoms with E-state index in [1.54, 1.807) is 16.2 Å². The van der Waals surface area contributed by atoms with Crippen LogP contribution in [0.5, 0.6) is 0 Å². The van der Waals surface area contributed by atoms with Crippen LogP contribution in [0.4, 0.5) is 4.39 Å². The van der Waals surface area contributed by atoms with Gasteiger partial charge in [0.2, 0.25) is 0 Å². The summed E-state index contributed by atoms with van der Waals surface area (Å²) in [7, 11) is 0. The van der Waals surface area contributed by atoms with Crippen LogP contribution in [0.15, 0.2) is 35.0 Å². The number of rotatable bonds is 6. The summed E-state index contributed by atoms with van der Waals surface area (Å²) in [4.78, 5) is 25.0. The standard InChI is InChI=1S/C17H18FNO3S/c1-3-19(11(2)8-12-6-7-23-10-12)16(20)14-5-4-13(17(21)22)9-15(14)18/h4-7,9-11H,3,8H2,1-2H3,(H,21,22). The molecule has 1 aromatic carbocycles. The lowest BCUT2D eigenvalue weighted by Gasteiger charge is -2.28. The summed E-state index contributed by atoms with van der Waals surface area (Å²) in [6.45, 7) is 4.21. The van der Waals surface area contributed by atoms with Gasteiger partial charge in [-0.05, 0) is 60.9 Å². The van der Waals surface area contributed by atoms with E-state index in [9.17, 15) is 14.0 Å². The topological polar surface area (TPSA) is 57.6 Å². The van der Waals surface area contributed by atoms with E-state index in [1.807, 2.05) is 30.7 Å². The van der Waals surface area contributed by atoms with E-state index in [4.69, 9.17) is 5.11 Å². The van der Waals surface area contributed by atoms with Gasteiger partial charge in [0.25, 0.3) is 5.91 Å². The Labute approximate surface area is 138 Å². The predicted octanol–water partition coefficient (Wildman–Crippen LogP) is 3.68. The van der Waals surface area contributed by atoms with Crippen LogP contribution < -0.4 is 0 Å². The Morgan fingerprint density at radius 2 is 2.09 bits per heavy atom. The van der Waals surface area contributed by atoms with Gasteiger partial charge in [-0.25, -0.2) is 9.18 Å². The molecule has 0 aliphatic rings. The van der Waals surface area contributed by atoms with Crippen LogP contribution in [-0.4, -0.2) is 34.5 Å². The average Bonchev–Trinajstić information content (AvgIpc) is 3.00. The van der Waals surface area contributed by atoms with Gasteiger partial charge in [0, 0.05) is 12.6 Å². The Balaban J connectivity index is 2.20. The highest BCUT2D eigenvalue weighted by molar-refractivity contribution is 7.07. The first-order chi connectivity index (χ1) is 10.9. The van der Waals surface area contributed by atoms with Crippen molar-refractivity contribution >= 4 is 23.2 Å². The smallest absolute Gasteiger partial charge is 0.335 e. The monoisotopic (exact) mass is 335 g/mol. The van der Waals surface area contributed by atoms with Crippen molar-refractivity contribution in [3.63, 3.8) is 0 Å². The van der Waals surface area contributed by atoms with Crippen LogP contribution in [0, 0.1) is 5.82 Å². The molecule has 23 heavy (non-hydrogen) atoms. The number of amides is 1. The zero-order valence-electron chi connectivity index (χ0n) is 13.0. The van der Waals surface area contributed by atoms with Gasteiger partial charge < -0.3 is 10.0 Å². The van der Waals surface area contributed by atoms with Crippen LogP contribution >= 0.6 is 11.3 Å². The molecule has 2 rings (SSSR count). The molecule has 1 aromatic heterocycles. The molecule has 1 N–H and O–H groups in total. The Bertz CT molecular complexity index is 700. The van der Waals surface area contributed by atoms with Crippen molar-refractivity contribution < 1.29 is 19.1 Å². The molecule has 1 unspecified atom stereocenters. The second kappa shape index (κ2) is 7.37. The lowest BCUT2D eigenvalue weighted by Crippen LogP contribution is -2.40. The fourth-order valence-electron chi connectivity index (χ4n) is 2.49. The molecule has 122 valence electrons. The molecule has 0 saturated carbocycles. The van der Waals surface area contributed by atoms with Crippen molar-refractivity contribution in [3.8, 4) is 0 Å². The first-order valence-electron chi connectivity index (χ1n) is 7.29. The third kappa shape index (κ3) is 3.96. The Kier molecular flexibility index (Phi) is 5.50. The number of aromatic carboxylic acids is 1. The molecule has 0 fully saturated rings. The number of nitrogens with zero attached hydrogens (tertiary/aromatic N) is 1. The number of carbonyl (C=O) groups excluding carboxylic acids is 1. The van der Waals surface area contributed by atoms with Crippen molar-refractivity contribution in [2.45, 2.75) is 26.3 Å². The number of carboxylic acids is 1. The van der Waals surface area contributed by atoms with Crippen LogP contribution in [0.2, 0.25) is 0 Å². The van der Waals surface area contributed by atoms with Gasteiger partial charge in [-0.2, -0.15) is 11.3 Å². The molecule has 0 spiro atoms. The summed E-state index contributed by atoms with van der Waals surface area (Å²) >= 11 is 1.59. The molecule has 2 aromatic rings. The van der Waals surface area contributed by atoms with Gasteiger partial charge >= 0.3 is 5.97 Å². The van der Waals surface area contributed by atoms with Gasteiger partial charge in [0.05, 0.1) is 11.1 Å². The minimum atomic E-state index is -1.22. The van der Waals surface area contributed by atoms with Crippen molar-refractivity contribution in [1.29, 1.82) is 0 Å². The third-order valence-electron chi connectivity index (χ3n) is 3.69. The fraction of sp³-hybridized carbons (Fsp3) is 0.294. The number of benzene rings is 1. The average molecular weight is 335 g/mol. The van der Waals surface area contributed by atoms with Gasteiger partial charge in [-0.3, -0.25) is 4.79 Å². The highest BCUT2D eigenvalue weighted by Crippen LogP contribution is 2.17. The summed E-state index contributed by atoms with van der Waals surface area (Å²) in [5.74, 6) is -2.46. The van der Waals surface area contributed by atoms with Crippen molar-refractivity contribution in [2.24, 2.45) is 0 Å². The maximum Gasteiger partial charge on any atom is 0.335 e. The minimum Gasteiger partial charge on any atom is -0.478 e. The Hall–Kier alpha value is -2.21. The molecule has 0 bridgehead atoms. The predicted molar refractivity (Wildman–Crippen MR) is 87.6 cm³/mol. The van der Waals surface area contributed by atoms with E-state index < -0.39 is 17.7 Å². The number of carbonyl (C=O) groups is 2. The Morgan fingerprint density at radius 3 is 2.61 bits per heavy atom. The van der Waals surface area contributed by atoms with Crippen LogP contribution in [-0.2, 0) is 6.42 Å². The van der Waals surface area contributed by atoms with E-state index in [-0.39, 0.29) is 17.2 Å². The number of likely N-dealkylation sites (N-methyl/N-ethyl adjacent to an activating group) is 1. The molecule has 1 amide bonds. The maximum absolute atomic E-state index is 14.1. The summed E-state index contributed by atoms with van der Waals surface area (Å²) in [6.07, 6.45) is 0.692. The highest BCUT2D eigenvalue weighted by Gasteiger charge is 2.23. The number of carboxylic acid groups (broad SMARTS) is 1. The normalized spacial score (nSPS) is 12.0. The van der Waals surface area contributed by atoms with E-state index in [1.165, 1.54) is 12.1 Å². The zero-order chi connectivity index (χ0) is 17.0. The summed E-state index contributed by atoms with van der Waals surface area (Å²) in [5.41, 5.74) is 0.859. The number of halogens is 1. The molecule has 0 aliphatic carbocycles. The molecule has 1 heterocycles. The van der Waals surface area contributed by atoms with E-state index in [0.29, 0.717) is 13.0 Å². The molecule has 1 atom stereocenters. The molecule has 0 aliphatic heterocycles. The van der Waals surface area contributed by atoms with Crippen molar-refractivity contribution in [3.05, 3.63) is 57.5 Å². The first kappa shape index (κ1) is 17.1. The molecule has 0 radical (unpaired) electrons. The highest BCUT2D eigenvalue weighted by atomic mass is 32.1. The SMILES string of the molecule is CCN(C(=O)c1ccc(C(=O)O)cc1F)C(C)Cc1ccsc1. The van der Waals surface area contributed by atoms with Gasteiger partial charge in [-0.15, -0.1) is 0 Å². The lowest BCUT2D eigenvalue weighted by molar-refractivity contribution is 0.0681. The van der Waals surface area contributed by atoms with E-state index in [0.717, 1.165) is 11.6 Å². The molecule has 6 heteroatoms. The quantitative estimate of drug-likeness (QED) is 0.876. The summed E-state index contributed by atoms with van der Waals surface area (Å²) < 4.78 is 14.1. The maximum atomic E-state index is 14.1. The number of thiophene rings is 1. The van der Waals surface area contributed by atoms with E-state index >= 15 is 0 Å². The van der Waals surface area contributed by atoms with Gasteiger partial charge in [-0.1, -0.05) is 0 Å². The van der Waals surface area contributed by atoms with Crippen LogP contribution in [0.1, 0.15) is 40.1 Å². The van der Waals surface area contributed by atoms with Gasteiger partial charge in [0.15, 0.2) is 0 Å². The Morgan fingerprint density at radius 1 is 1.35 bits per heavy atom. The van der Waals surface area contributed by atoms with Crippen LogP contribution in [0.25, 0.3) is 0 Å². The summed E-state index contributed by atoms with van der Waals surface area (Å²) in [6, 6.07) is 5.28. The largest absolute Gasteiger partial charge is 0.478 e. The number of hydrogen-bond donors (Lipinski definition) is 1. The third-order valence-corrected chi connectivity index (χ3v) is 4.42. The first-order valence-corrected chi connectivity index (χ1v) is 8.23. The van der Waals surface area contributed by atoms with Gasteiger partial charge in [0.1, 0.15) is 5.82 Å². The fourth-order valence-corrected chi connectivity index (χ4v) is 3.17. The van der Waals surface area contributed by atoms with Crippen molar-refractivity contribution in [1.82, 2.24) is 4.90 Å². The lowest BCUT2D eigenvalue weighted by atomic mass is 10.1. The molecular weight excluding hydrogens is 317 g/mol. The van der Waals surface area contributed by atoms with Crippen LogP contribution in [0.3, 0.4) is 0 Å². The second-order valence-corrected chi connectivity index (χ2v) is 6.06. The zero-order valence-corrected chi connectivity index (χ0v) is 13.8. The van der Waals surface area contributed by atoms with E-state index in [2.05, 4.69) is 0 Å². The second-order valence-electron chi connectivity index (χ2n) is 5.28. The molecular formula is C17H18FNO3S. The molecule has 0 saturated heterocycles. The minimum absolute atomic E-state index is 0.0827. The van der Waals surface area contributed by atoms with Crippen molar-refractivity contribution in [2.75, 3.05) is 6.54 Å².